The molecule has 3 heterocycles. The van der Waals surface area contributed by atoms with Gasteiger partial charge in [-0.3, -0.25) is 14.3 Å². The molecule has 1 aliphatic rings. The van der Waals surface area contributed by atoms with Crippen molar-refractivity contribution in [2.75, 3.05) is 13.1 Å². The number of aromatic nitrogens is 3. The smallest absolute Gasteiger partial charge is 0.328 e. The number of nitrogens with zero attached hydrogens (tertiary/aromatic N) is 3. The van der Waals surface area contributed by atoms with Crippen LogP contribution in [0.5, 0.6) is 0 Å². The first-order chi connectivity index (χ1) is 12.6. The Bertz CT molecular complexity index is 1030. The molecule has 0 fully saturated rings. The van der Waals surface area contributed by atoms with Crippen molar-refractivity contribution in [1.82, 2.24) is 19.6 Å². The number of hydrogen-bond acceptors (Lipinski definition) is 5. The van der Waals surface area contributed by atoms with Crippen LogP contribution in [-0.2, 0) is 26.4 Å². The Balaban J connectivity index is 1.51. The second-order valence-electron chi connectivity index (χ2n) is 6.56. The average molecular weight is 352 g/mol. The normalized spacial score (nSPS) is 14.3. The summed E-state index contributed by atoms with van der Waals surface area (Å²) in [6, 6.07) is 10.0. The maximum Gasteiger partial charge on any atom is 0.328 e. The molecular formula is C19H20N4O3. The molecule has 0 saturated carbocycles. The predicted octanol–water partition coefficient (Wildman–Crippen LogP) is 1.33. The quantitative estimate of drug-likeness (QED) is 0.766. The number of nitrogens with one attached hydrogen (secondary N) is 1. The Morgan fingerprint density at radius 3 is 2.85 bits per heavy atom. The van der Waals surface area contributed by atoms with E-state index in [-0.39, 0.29) is 5.56 Å². The van der Waals surface area contributed by atoms with Gasteiger partial charge in [0, 0.05) is 56.0 Å². The van der Waals surface area contributed by atoms with E-state index in [0.717, 1.165) is 53.2 Å². The molecule has 7 heteroatoms. The third-order valence-electron chi connectivity index (χ3n) is 4.90. The van der Waals surface area contributed by atoms with E-state index in [4.69, 9.17) is 4.52 Å². The lowest BCUT2D eigenvalue weighted by Crippen LogP contribution is -2.37. The topological polar surface area (TPSA) is 84.1 Å². The zero-order valence-electron chi connectivity index (χ0n) is 14.6. The van der Waals surface area contributed by atoms with Gasteiger partial charge >= 0.3 is 5.69 Å². The van der Waals surface area contributed by atoms with Crippen LogP contribution in [0.1, 0.15) is 16.9 Å². The standard InChI is InChI=1S/C19H20N4O3/c1-22-18(24)14(11-20-19(22)25)7-9-23-10-8-16-15(12-23)17(21-26-16)13-5-3-2-4-6-13/h2-6,11H,7-10,12H2,1H3,(H,20,25). The minimum absolute atomic E-state index is 0.235. The molecule has 4 rings (SSSR count). The van der Waals surface area contributed by atoms with Gasteiger partial charge in [-0.25, -0.2) is 4.79 Å². The van der Waals surface area contributed by atoms with Crippen molar-refractivity contribution in [3.63, 3.8) is 0 Å². The van der Waals surface area contributed by atoms with Crippen LogP contribution in [0.3, 0.4) is 0 Å². The van der Waals surface area contributed by atoms with Crippen molar-refractivity contribution < 1.29 is 4.52 Å². The first kappa shape index (κ1) is 16.5. The van der Waals surface area contributed by atoms with E-state index in [9.17, 15) is 9.59 Å². The fourth-order valence-corrected chi connectivity index (χ4v) is 3.35. The lowest BCUT2D eigenvalue weighted by Gasteiger charge is -2.25. The van der Waals surface area contributed by atoms with E-state index < -0.39 is 5.69 Å². The fourth-order valence-electron chi connectivity index (χ4n) is 3.35. The molecule has 0 atom stereocenters. The molecule has 1 aliphatic heterocycles. The molecule has 1 aromatic carbocycles. The summed E-state index contributed by atoms with van der Waals surface area (Å²) in [6.45, 7) is 2.34. The van der Waals surface area contributed by atoms with Crippen molar-refractivity contribution in [3.8, 4) is 11.3 Å². The van der Waals surface area contributed by atoms with Crippen molar-refractivity contribution in [2.24, 2.45) is 7.05 Å². The van der Waals surface area contributed by atoms with E-state index in [1.165, 1.54) is 13.2 Å². The van der Waals surface area contributed by atoms with Gasteiger partial charge in [-0.1, -0.05) is 35.5 Å². The molecular weight excluding hydrogens is 332 g/mol. The van der Waals surface area contributed by atoms with E-state index in [0.29, 0.717) is 12.0 Å². The second kappa shape index (κ2) is 6.76. The summed E-state index contributed by atoms with van der Waals surface area (Å²) < 4.78 is 6.64. The lowest BCUT2D eigenvalue weighted by atomic mass is 10.0. The largest absolute Gasteiger partial charge is 0.360 e. The molecule has 0 saturated heterocycles. The van der Waals surface area contributed by atoms with Gasteiger partial charge in [-0.05, 0) is 6.42 Å². The third-order valence-corrected chi connectivity index (χ3v) is 4.90. The monoisotopic (exact) mass is 352 g/mol. The van der Waals surface area contributed by atoms with Gasteiger partial charge in [0.15, 0.2) is 0 Å². The molecule has 7 nitrogen and oxygen atoms in total. The average Bonchev–Trinajstić information content (AvgIpc) is 3.09. The number of fused-ring (bicyclic) bond motifs is 1. The number of hydrogen-bond donors (Lipinski definition) is 1. The molecule has 3 aromatic rings. The van der Waals surface area contributed by atoms with Crippen molar-refractivity contribution in [3.05, 3.63) is 74.3 Å². The molecule has 1 N–H and O–H groups in total. The zero-order valence-corrected chi connectivity index (χ0v) is 14.6. The molecule has 0 bridgehead atoms. The van der Waals surface area contributed by atoms with Gasteiger partial charge in [0.2, 0.25) is 0 Å². The van der Waals surface area contributed by atoms with E-state index in [2.05, 4.69) is 15.0 Å². The predicted molar refractivity (Wildman–Crippen MR) is 96.9 cm³/mol. The van der Waals surface area contributed by atoms with E-state index in [1.807, 2.05) is 30.3 Å². The maximum absolute atomic E-state index is 12.2. The summed E-state index contributed by atoms with van der Waals surface area (Å²) in [5, 5.41) is 4.26. The number of H-pyrrole nitrogens is 1. The van der Waals surface area contributed by atoms with E-state index >= 15 is 0 Å². The van der Waals surface area contributed by atoms with Crippen LogP contribution in [-0.4, -0.2) is 32.7 Å². The maximum atomic E-state index is 12.2. The van der Waals surface area contributed by atoms with Crippen LogP contribution in [0.25, 0.3) is 11.3 Å². The molecule has 0 amide bonds. The highest BCUT2D eigenvalue weighted by Crippen LogP contribution is 2.29. The highest BCUT2D eigenvalue weighted by Gasteiger charge is 2.24. The Hall–Kier alpha value is -2.93. The van der Waals surface area contributed by atoms with Crippen LogP contribution < -0.4 is 11.2 Å². The second-order valence-corrected chi connectivity index (χ2v) is 6.56. The molecule has 0 unspecified atom stereocenters. The van der Waals surface area contributed by atoms with Crippen LogP contribution >= 0.6 is 0 Å². The Kier molecular flexibility index (Phi) is 4.30. The van der Waals surface area contributed by atoms with Crippen molar-refractivity contribution in [2.45, 2.75) is 19.4 Å². The van der Waals surface area contributed by atoms with Crippen LogP contribution in [0.4, 0.5) is 0 Å². The number of rotatable bonds is 4. The molecule has 134 valence electrons. The SMILES string of the molecule is Cn1c(=O)[nH]cc(CCN2CCc3onc(-c4ccccc4)c3C2)c1=O. The lowest BCUT2D eigenvalue weighted by molar-refractivity contribution is 0.238. The van der Waals surface area contributed by atoms with Crippen molar-refractivity contribution in [1.29, 1.82) is 0 Å². The fraction of sp³-hybridized carbons (Fsp3) is 0.316. The summed E-state index contributed by atoms with van der Waals surface area (Å²) in [5.74, 6) is 0.944. The van der Waals surface area contributed by atoms with E-state index in [1.54, 1.807) is 0 Å². The molecule has 0 radical (unpaired) electrons. The summed E-state index contributed by atoms with van der Waals surface area (Å²) in [6.07, 6.45) is 2.92. The molecule has 0 spiro atoms. The minimum Gasteiger partial charge on any atom is -0.360 e. The first-order valence-electron chi connectivity index (χ1n) is 8.66. The summed E-state index contributed by atoms with van der Waals surface area (Å²) >= 11 is 0. The molecule has 26 heavy (non-hydrogen) atoms. The number of aromatic amines is 1. The Morgan fingerprint density at radius 1 is 1.23 bits per heavy atom. The summed E-state index contributed by atoms with van der Waals surface area (Å²) in [7, 11) is 1.49. The Labute approximate surface area is 149 Å². The third kappa shape index (κ3) is 3.01. The zero-order chi connectivity index (χ0) is 18.1. The highest BCUT2D eigenvalue weighted by atomic mass is 16.5. The first-order valence-corrected chi connectivity index (χ1v) is 8.66. The van der Waals surface area contributed by atoms with Gasteiger partial charge in [0.1, 0.15) is 11.5 Å². The van der Waals surface area contributed by atoms with Gasteiger partial charge < -0.3 is 9.51 Å². The molecule has 0 aliphatic carbocycles. The van der Waals surface area contributed by atoms with Gasteiger partial charge in [-0.15, -0.1) is 0 Å². The van der Waals surface area contributed by atoms with Crippen LogP contribution in [0.15, 0.2) is 50.6 Å². The highest BCUT2D eigenvalue weighted by molar-refractivity contribution is 5.63. The minimum atomic E-state index is -0.390. The number of benzene rings is 1. The van der Waals surface area contributed by atoms with Crippen molar-refractivity contribution >= 4 is 0 Å². The summed E-state index contributed by atoms with van der Waals surface area (Å²) in [4.78, 5) is 28.5. The van der Waals surface area contributed by atoms with Gasteiger partial charge in [0.25, 0.3) is 5.56 Å². The summed E-state index contributed by atoms with van der Waals surface area (Å²) in [5.41, 5.74) is 3.06. The Morgan fingerprint density at radius 2 is 2.04 bits per heavy atom. The molecule has 2 aromatic heterocycles. The van der Waals surface area contributed by atoms with Crippen LogP contribution in [0, 0.1) is 0 Å². The van der Waals surface area contributed by atoms with Crippen LogP contribution in [0.2, 0.25) is 0 Å². The van der Waals surface area contributed by atoms with Gasteiger partial charge in [-0.2, -0.15) is 0 Å². The van der Waals surface area contributed by atoms with Gasteiger partial charge in [0.05, 0.1) is 0 Å².